The number of ether oxygens (including phenoxy) is 1. The molecular formula is C15H19NO3. The zero-order valence-corrected chi connectivity index (χ0v) is 11.4. The van der Waals surface area contributed by atoms with E-state index >= 15 is 0 Å². The maximum Gasteiger partial charge on any atom is 0.237 e. The molecule has 102 valence electrons. The third-order valence-corrected chi connectivity index (χ3v) is 3.53. The van der Waals surface area contributed by atoms with Gasteiger partial charge in [0, 0.05) is 6.42 Å². The van der Waals surface area contributed by atoms with Crippen molar-refractivity contribution in [1.82, 2.24) is 5.32 Å². The Hall–Kier alpha value is -1.84. The standard InChI is InChI=1S/C15H19NO3/c1-3-4-9-19-12-7-5-11(6-8-12)15(2)10-13(17)16-14(15)18/h5-8H,3-4,9-10H2,1-2H3,(H,16,17,18)/t15-/m0/s1. The van der Waals surface area contributed by atoms with Crippen LogP contribution < -0.4 is 10.1 Å². The Bertz CT molecular complexity index is 481. The summed E-state index contributed by atoms with van der Waals surface area (Å²) in [6, 6.07) is 7.43. The molecule has 1 heterocycles. The molecule has 0 bridgehead atoms. The van der Waals surface area contributed by atoms with E-state index < -0.39 is 5.41 Å². The van der Waals surface area contributed by atoms with Crippen molar-refractivity contribution in [2.24, 2.45) is 0 Å². The summed E-state index contributed by atoms with van der Waals surface area (Å²) >= 11 is 0. The Balaban J connectivity index is 2.10. The third kappa shape index (κ3) is 2.78. The van der Waals surface area contributed by atoms with Crippen LogP contribution in [0.25, 0.3) is 0 Å². The summed E-state index contributed by atoms with van der Waals surface area (Å²) in [4.78, 5) is 23.2. The van der Waals surface area contributed by atoms with E-state index in [1.165, 1.54) is 0 Å². The van der Waals surface area contributed by atoms with Crippen molar-refractivity contribution in [2.75, 3.05) is 6.61 Å². The molecule has 0 unspecified atom stereocenters. The molecule has 19 heavy (non-hydrogen) atoms. The number of rotatable bonds is 5. The number of nitrogens with one attached hydrogen (secondary N) is 1. The number of hydrogen-bond donors (Lipinski definition) is 1. The van der Waals surface area contributed by atoms with Crippen LogP contribution in [0.1, 0.15) is 38.7 Å². The zero-order valence-electron chi connectivity index (χ0n) is 11.4. The average Bonchev–Trinajstić information content (AvgIpc) is 2.65. The van der Waals surface area contributed by atoms with Gasteiger partial charge in [0.1, 0.15) is 5.75 Å². The minimum absolute atomic E-state index is 0.210. The third-order valence-electron chi connectivity index (χ3n) is 3.53. The molecule has 1 atom stereocenters. The van der Waals surface area contributed by atoms with Crippen molar-refractivity contribution in [1.29, 1.82) is 0 Å². The second kappa shape index (κ2) is 5.43. The SMILES string of the molecule is CCCCOc1ccc([C@]2(C)CC(=O)NC2=O)cc1. The summed E-state index contributed by atoms with van der Waals surface area (Å²) in [6.07, 6.45) is 2.33. The lowest BCUT2D eigenvalue weighted by Gasteiger charge is -2.20. The molecule has 0 aromatic heterocycles. The van der Waals surface area contributed by atoms with Crippen molar-refractivity contribution in [3.8, 4) is 5.75 Å². The zero-order chi connectivity index (χ0) is 13.9. The predicted molar refractivity (Wildman–Crippen MR) is 72.0 cm³/mol. The van der Waals surface area contributed by atoms with E-state index in [1.807, 2.05) is 24.3 Å². The van der Waals surface area contributed by atoms with Gasteiger partial charge in [-0.3, -0.25) is 14.9 Å². The maximum atomic E-state index is 11.8. The van der Waals surface area contributed by atoms with E-state index in [0.717, 1.165) is 24.2 Å². The molecule has 4 heteroatoms. The Morgan fingerprint density at radius 2 is 1.95 bits per heavy atom. The second-order valence-electron chi connectivity index (χ2n) is 5.11. The van der Waals surface area contributed by atoms with Gasteiger partial charge in [0.2, 0.25) is 11.8 Å². The normalized spacial score (nSPS) is 22.4. The van der Waals surface area contributed by atoms with Gasteiger partial charge >= 0.3 is 0 Å². The van der Waals surface area contributed by atoms with Gasteiger partial charge in [0.05, 0.1) is 12.0 Å². The molecule has 2 rings (SSSR count). The van der Waals surface area contributed by atoms with E-state index in [4.69, 9.17) is 4.74 Å². The molecule has 4 nitrogen and oxygen atoms in total. The molecule has 1 aliphatic rings. The average molecular weight is 261 g/mol. The van der Waals surface area contributed by atoms with Gasteiger partial charge in [0.15, 0.2) is 0 Å². The fraction of sp³-hybridized carbons (Fsp3) is 0.467. The Morgan fingerprint density at radius 1 is 1.26 bits per heavy atom. The smallest absolute Gasteiger partial charge is 0.237 e. The van der Waals surface area contributed by atoms with E-state index in [-0.39, 0.29) is 18.2 Å². The van der Waals surface area contributed by atoms with Gasteiger partial charge in [-0.2, -0.15) is 0 Å². The van der Waals surface area contributed by atoms with Crippen LogP contribution in [-0.4, -0.2) is 18.4 Å². The molecule has 1 aromatic rings. The molecule has 1 aliphatic heterocycles. The monoisotopic (exact) mass is 261 g/mol. The molecule has 0 radical (unpaired) electrons. The fourth-order valence-corrected chi connectivity index (χ4v) is 2.20. The minimum atomic E-state index is -0.751. The predicted octanol–water partition coefficient (Wildman–Crippen LogP) is 2.17. The topological polar surface area (TPSA) is 55.4 Å². The molecule has 1 N–H and O–H groups in total. The van der Waals surface area contributed by atoms with Gasteiger partial charge in [-0.1, -0.05) is 25.5 Å². The number of carbonyl (C=O) groups excluding carboxylic acids is 2. The lowest BCUT2D eigenvalue weighted by molar-refractivity contribution is -0.126. The largest absolute Gasteiger partial charge is 0.494 e. The van der Waals surface area contributed by atoms with E-state index in [0.29, 0.717) is 6.61 Å². The molecular weight excluding hydrogens is 242 g/mol. The summed E-state index contributed by atoms with van der Waals surface area (Å²) in [5.74, 6) is 0.360. The van der Waals surface area contributed by atoms with Crippen molar-refractivity contribution in [3.05, 3.63) is 29.8 Å². The van der Waals surface area contributed by atoms with Crippen LogP contribution in [0.3, 0.4) is 0 Å². The highest BCUT2D eigenvalue weighted by Gasteiger charge is 2.43. The highest BCUT2D eigenvalue weighted by Crippen LogP contribution is 2.32. The number of imide groups is 1. The minimum Gasteiger partial charge on any atom is -0.494 e. The van der Waals surface area contributed by atoms with Crippen LogP contribution in [0, 0.1) is 0 Å². The van der Waals surface area contributed by atoms with Crippen LogP contribution in [0.5, 0.6) is 5.75 Å². The molecule has 2 amide bonds. The Labute approximate surface area is 113 Å². The van der Waals surface area contributed by atoms with Crippen LogP contribution in [0.2, 0.25) is 0 Å². The summed E-state index contributed by atoms with van der Waals surface area (Å²) in [5.41, 5.74) is 0.0951. The molecule has 1 fully saturated rings. The van der Waals surface area contributed by atoms with Gasteiger partial charge in [-0.15, -0.1) is 0 Å². The molecule has 0 saturated carbocycles. The van der Waals surface area contributed by atoms with Crippen LogP contribution >= 0.6 is 0 Å². The summed E-state index contributed by atoms with van der Waals surface area (Å²) in [5, 5.41) is 2.35. The Kier molecular flexibility index (Phi) is 3.88. The molecule has 1 saturated heterocycles. The first kappa shape index (κ1) is 13.6. The lowest BCUT2D eigenvalue weighted by Crippen LogP contribution is -2.32. The van der Waals surface area contributed by atoms with Gasteiger partial charge in [-0.05, 0) is 31.0 Å². The van der Waals surface area contributed by atoms with Crippen molar-refractivity contribution >= 4 is 11.8 Å². The highest BCUT2D eigenvalue weighted by atomic mass is 16.5. The quantitative estimate of drug-likeness (QED) is 0.653. The summed E-state index contributed by atoms with van der Waals surface area (Å²) in [6.45, 7) is 4.61. The first-order valence-electron chi connectivity index (χ1n) is 6.64. The maximum absolute atomic E-state index is 11.8. The number of benzene rings is 1. The fourth-order valence-electron chi connectivity index (χ4n) is 2.20. The number of amides is 2. The van der Waals surface area contributed by atoms with E-state index in [2.05, 4.69) is 12.2 Å². The lowest BCUT2D eigenvalue weighted by atomic mass is 9.81. The van der Waals surface area contributed by atoms with Crippen LogP contribution in [0.4, 0.5) is 0 Å². The number of carbonyl (C=O) groups is 2. The van der Waals surface area contributed by atoms with Gasteiger partial charge in [0.25, 0.3) is 0 Å². The second-order valence-corrected chi connectivity index (χ2v) is 5.11. The summed E-state index contributed by atoms with van der Waals surface area (Å²) in [7, 11) is 0. The molecule has 1 aromatic carbocycles. The highest BCUT2D eigenvalue weighted by molar-refractivity contribution is 6.08. The van der Waals surface area contributed by atoms with Crippen molar-refractivity contribution in [3.63, 3.8) is 0 Å². The number of hydrogen-bond acceptors (Lipinski definition) is 3. The molecule has 0 spiro atoms. The van der Waals surface area contributed by atoms with Crippen molar-refractivity contribution in [2.45, 2.75) is 38.5 Å². The molecule has 0 aliphatic carbocycles. The van der Waals surface area contributed by atoms with E-state index in [9.17, 15) is 9.59 Å². The Morgan fingerprint density at radius 3 is 2.47 bits per heavy atom. The van der Waals surface area contributed by atoms with Crippen LogP contribution in [0.15, 0.2) is 24.3 Å². The van der Waals surface area contributed by atoms with E-state index in [1.54, 1.807) is 6.92 Å². The van der Waals surface area contributed by atoms with Crippen LogP contribution in [-0.2, 0) is 15.0 Å². The first-order valence-corrected chi connectivity index (χ1v) is 6.64. The van der Waals surface area contributed by atoms with Gasteiger partial charge < -0.3 is 4.74 Å². The summed E-state index contributed by atoms with van der Waals surface area (Å²) < 4.78 is 5.58. The number of unbranched alkanes of at least 4 members (excludes halogenated alkanes) is 1. The van der Waals surface area contributed by atoms with Crippen molar-refractivity contribution < 1.29 is 14.3 Å². The van der Waals surface area contributed by atoms with Gasteiger partial charge in [-0.25, -0.2) is 0 Å². The first-order chi connectivity index (χ1) is 9.06.